The molecule has 0 radical (unpaired) electrons. The van der Waals surface area contributed by atoms with Crippen LogP contribution in [0, 0.1) is 13.8 Å². The van der Waals surface area contributed by atoms with E-state index in [4.69, 9.17) is 9.47 Å². The van der Waals surface area contributed by atoms with Gasteiger partial charge in [-0.1, -0.05) is 12.1 Å². The summed E-state index contributed by atoms with van der Waals surface area (Å²) in [5.74, 6) is 0.608. The molecule has 0 aliphatic heterocycles. The van der Waals surface area contributed by atoms with Gasteiger partial charge in [-0.05, 0) is 38.1 Å². The van der Waals surface area contributed by atoms with E-state index in [1.807, 2.05) is 32.0 Å². The molecular formula is C14H21NO3. The number of esters is 1. The number of likely N-dealkylation sites (N-methyl/N-ethyl adjacent to an activating group) is 1. The van der Waals surface area contributed by atoms with Crippen molar-refractivity contribution >= 4 is 5.97 Å². The van der Waals surface area contributed by atoms with Crippen molar-refractivity contribution < 1.29 is 14.3 Å². The van der Waals surface area contributed by atoms with E-state index in [0.29, 0.717) is 13.0 Å². The van der Waals surface area contributed by atoms with Gasteiger partial charge < -0.3 is 14.8 Å². The maximum absolute atomic E-state index is 11.4. The zero-order chi connectivity index (χ0) is 13.5. The van der Waals surface area contributed by atoms with E-state index in [0.717, 1.165) is 11.3 Å². The molecular weight excluding hydrogens is 230 g/mol. The number of methoxy groups -OCH3 is 1. The largest absolute Gasteiger partial charge is 0.493 e. The highest BCUT2D eigenvalue weighted by atomic mass is 16.5. The first-order valence-corrected chi connectivity index (χ1v) is 6.04. The summed E-state index contributed by atoms with van der Waals surface area (Å²) in [6, 6.07) is 5.63. The van der Waals surface area contributed by atoms with Gasteiger partial charge in [-0.15, -0.1) is 0 Å². The van der Waals surface area contributed by atoms with Gasteiger partial charge in [-0.3, -0.25) is 4.79 Å². The summed E-state index contributed by atoms with van der Waals surface area (Å²) < 4.78 is 10.4. The fraction of sp³-hybridized carbons (Fsp3) is 0.500. The minimum atomic E-state index is -0.319. The van der Waals surface area contributed by atoms with Crippen LogP contribution in [0.4, 0.5) is 0 Å². The number of nitrogens with one attached hydrogen (secondary N) is 1. The van der Waals surface area contributed by atoms with E-state index in [9.17, 15) is 4.79 Å². The molecule has 0 aromatic heterocycles. The second kappa shape index (κ2) is 7.01. The Bertz CT molecular complexity index is 404. The second-order valence-electron chi connectivity index (χ2n) is 4.20. The molecule has 0 aliphatic rings. The van der Waals surface area contributed by atoms with Crippen LogP contribution in [0.3, 0.4) is 0 Å². The predicted octanol–water partition coefficient (Wildman–Crippen LogP) is 1.83. The lowest BCUT2D eigenvalue weighted by molar-refractivity contribution is -0.143. The van der Waals surface area contributed by atoms with Crippen LogP contribution in [0.15, 0.2) is 18.2 Å². The number of ether oxygens (including phenoxy) is 2. The van der Waals surface area contributed by atoms with Gasteiger partial charge in [0, 0.05) is 6.42 Å². The Morgan fingerprint density at radius 3 is 2.72 bits per heavy atom. The first kappa shape index (κ1) is 14.5. The SMILES string of the molecule is CNC(CCOc1cccc(C)c1C)C(=O)OC. The monoisotopic (exact) mass is 251 g/mol. The van der Waals surface area contributed by atoms with Crippen molar-refractivity contribution in [1.29, 1.82) is 0 Å². The maximum atomic E-state index is 11.4. The Morgan fingerprint density at radius 1 is 1.39 bits per heavy atom. The van der Waals surface area contributed by atoms with E-state index >= 15 is 0 Å². The van der Waals surface area contributed by atoms with E-state index in [-0.39, 0.29) is 12.0 Å². The molecule has 0 fully saturated rings. The number of hydrogen-bond donors (Lipinski definition) is 1. The molecule has 0 amide bonds. The normalized spacial score (nSPS) is 12.0. The Morgan fingerprint density at radius 2 is 2.11 bits per heavy atom. The van der Waals surface area contributed by atoms with Crippen LogP contribution in [0.5, 0.6) is 5.75 Å². The van der Waals surface area contributed by atoms with E-state index in [1.54, 1.807) is 7.05 Å². The minimum Gasteiger partial charge on any atom is -0.493 e. The Labute approximate surface area is 108 Å². The fourth-order valence-corrected chi connectivity index (χ4v) is 1.69. The van der Waals surface area contributed by atoms with Gasteiger partial charge in [0.25, 0.3) is 0 Å². The Kier molecular flexibility index (Phi) is 5.65. The fourth-order valence-electron chi connectivity index (χ4n) is 1.69. The van der Waals surface area contributed by atoms with Crippen LogP contribution in [0.25, 0.3) is 0 Å². The number of benzene rings is 1. The highest BCUT2D eigenvalue weighted by molar-refractivity contribution is 5.75. The lowest BCUT2D eigenvalue weighted by Gasteiger charge is -2.15. The summed E-state index contributed by atoms with van der Waals surface area (Å²) in [5.41, 5.74) is 2.34. The third-order valence-corrected chi connectivity index (χ3v) is 3.05. The molecule has 0 bridgehead atoms. The number of aryl methyl sites for hydroxylation is 1. The molecule has 0 spiro atoms. The average Bonchev–Trinajstić information content (AvgIpc) is 2.38. The highest BCUT2D eigenvalue weighted by Gasteiger charge is 2.16. The molecule has 1 N–H and O–H groups in total. The molecule has 1 aromatic rings. The molecule has 18 heavy (non-hydrogen) atoms. The van der Waals surface area contributed by atoms with Crippen LogP contribution in [0.1, 0.15) is 17.5 Å². The van der Waals surface area contributed by atoms with E-state index in [2.05, 4.69) is 5.32 Å². The van der Waals surface area contributed by atoms with Crippen molar-refractivity contribution in [1.82, 2.24) is 5.32 Å². The van der Waals surface area contributed by atoms with Crippen molar-refractivity contribution in [3.8, 4) is 5.75 Å². The van der Waals surface area contributed by atoms with Crippen LogP contribution in [-0.4, -0.2) is 32.8 Å². The lowest BCUT2D eigenvalue weighted by Crippen LogP contribution is -2.36. The van der Waals surface area contributed by atoms with E-state index in [1.165, 1.54) is 12.7 Å². The van der Waals surface area contributed by atoms with Gasteiger partial charge in [0.05, 0.1) is 13.7 Å². The van der Waals surface area contributed by atoms with Crippen LogP contribution < -0.4 is 10.1 Å². The molecule has 0 saturated carbocycles. The zero-order valence-electron chi connectivity index (χ0n) is 11.4. The first-order chi connectivity index (χ1) is 8.60. The summed E-state index contributed by atoms with van der Waals surface area (Å²) in [6.07, 6.45) is 0.580. The summed E-state index contributed by atoms with van der Waals surface area (Å²) in [5, 5.41) is 2.91. The molecule has 4 nitrogen and oxygen atoms in total. The average molecular weight is 251 g/mol. The van der Waals surface area contributed by atoms with Gasteiger partial charge >= 0.3 is 5.97 Å². The van der Waals surface area contributed by atoms with Gasteiger partial charge in [0.1, 0.15) is 11.8 Å². The van der Waals surface area contributed by atoms with Gasteiger partial charge in [0.2, 0.25) is 0 Å². The standard InChI is InChI=1S/C14H21NO3/c1-10-6-5-7-13(11(10)2)18-9-8-12(15-3)14(16)17-4/h5-7,12,15H,8-9H2,1-4H3. The van der Waals surface area contributed by atoms with Crippen molar-refractivity contribution in [2.75, 3.05) is 20.8 Å². The van der Waals surface area contributed by atoms with Crippen molar-refractivity contribution in [2.24, 2.45) is 0 Å². The minimum absolute atomic E-state index is 0.262. The van der Waals surface area contributed by atoms with Crippen molar-refractivity contribution in [3.63, 3.8) is 0 Å². The summed E-state index contributed by atoms with van der Waals surface area (Å²) in [7, 11) is 3.12. The third-order valence-electron chi connectivity index (χ3n) is 3.05. The third kappa shape index (κ3) is 3.74. The topological polar surface area (TPSA) is 47.6 Å². The van der Waals surface area contributed by atoms with Crippen LogP contribution in [-0.2, 0) is 9.53 Å². The number of rotatable bonds is 6. The lowest BCUT2D eigenvalue weighted by atomic mass is 10.1. The van der Waals surface area contributed by atoms with Crippen LogP contribution in [0.2, 0.25) is 0 Å². The summed E-state index contributed by atoms with van der Waals surface area (Å²) in [4.78, 5) is 11.4. The number of carbonyl (C=O) groups is 1. The highest BCUT2D eigenvalue weighted by Crippen LogP contribution is 2.20. The molecule has 1 unspecified atom stereocenters. The maximum Gasteiger partial charge on any atom is 0.322 e. The molecule has 100 valence electrons. The molecule has 0 heterocycles. The Balaban J connectivity index is 2.50. The van der Waals surface area contributed by atoms with Crippen molar-refractivity contribution in [2.45, 2.75) is 26.3 Å². The zero-order valence-corrected chi connectivity index (χ0v) is 11.4. The number of hydrogen-bond acceptors (Lipinski definition) is 4. The summed E-state index contributed by atoms with van der Waals surface area (Å²) in [6.45, 7) is 4.55. The van der Waals surface area contributed by atoms with Gasteiger partial charge in [0.15, 0.2) is 0 Å². The Hall–Kier alpha value is -1.55. The summed E-state index contributed by atoms with van der Waals surface area (Å²) >= 11 is 0. The first-order valence-electron chi connectivity index (χ1n) is 6.04. The van der Waals surface area contributed by atoms with Crippen molar-refractivity contribution in [3.05, 3.63) is 29.3 Å². The molecule has 1 aromatic carbocycles. The molecule has 0 aliphatic carbocycles. The molecule has 1 rings (SSSR count). The second-order valence-corrected chi connectivity index (χ2v) is 4.20. The van der Waals surface area contributed by atoms with Crippen LogP contribution >= 0.6 is 0 Å². The molecule has 0 saturated heterocycles. The quantitative estimate of drug-likeness (QED) is 0.784. The smallest absolute Gasteiger partial charge is 0.322 e. The predicted molar refractivity (Wildman–Crippen MR) is 70.9 cm³/mol. The van der Waals surface area contributed by atoms with Gasteiger partial charge in [-0.25, -0.2) is 0 Å². The molecule has 1 atom stereocenters. The van der Waals surface area contributed by atoms with Gasteiger partial charge in [-0.2, -0.15) is 0 Å². The van der Waals surface area contributed by atoms with E-state index < -0.39 is 0 Å². The molecule has 4 heteroatoms. The number of carbonyl (C=O) groups excluding carboxylic acids is 1.